The van der Waals surface area contributed by atoms with E-state index >= 15 is 0 Å². The van der Waals surface area contributed by atoms with Crippen LogP contribution in [0.1, 0.15) is 52.9 Å². The van der Waals surface area contributed by atoms with Crippen molar-refractivity contribution in [1.29, 1.82) is 0 Å². The fraction of sp³-hybridized carbons (Fsp3) is 0.640. The molecule has 0 spiro atoms. The minimum atomic E-state index is -1.02. The van der Waals surface area contributed by atoms with Crippen LogP contribution in [0.5, 0.6) is 0 Å². The third kappa shape index (κ3) is 9.52. The average molecular weight is 435 g/mol. The summed E-state index contributed by atoms with van der Waals surface area (Å²) in [7, 11) is 0. The molecular formula is C25H38O6. The van der Waals surface area contributed by atoms with Gasteiger partial charge in [-0.05, 0) is 38.0 Å². The molecule has 3 N–H and O–H groups in total. The summed E-state index contributed by atoms with van der Waals surface area (Å²) in [6, 6.07) is 0. The van der Waals surface area contributed by atoms with Gasteiger partial charge in [0.2, 0.25) is 0 Å². The molecule has 1 saturated heterocycles. The van der Waals surface area contributed by atoms with Crippen LogP contribution in [0, 0.1) is 11.8 Å². The summed E-state index contributed by atoms with van der Waals surface area (Å²) < 4.78 is 11.3. The highest BCUT2D eigenvalue weighted by Crippen LogP contribution is 2.31. The Balaban J connectivity index is 2.04. The Hall–Kier alpha value is -1.73. The first-order chi connectivity index (χ1) is 14.8. The predicted molar refractivity (Wildman–Crippen MR) is 120 cm³/mol. The predicted octanol–water partition coefficient (Wildman–Crippen LogP) is 3.23. The van der Waals surface area contributed by atoms with Crippen molar-refractivity contribution in [2.24, 2.45) is 11.8 Å². The number of hydrogen-bond acceptors (Lipinski definition) is 6. The molecule has 0 radical (unpaired) electrons. The fourth-order valence-corrected chi connectivity index (χ4v) is 3.65. The van der Waals surface area contributed by atoms with Crippen molar-refractivity contribution in [3.63, 3.8) is 0 Å². The maximum absolute atomic E-state index is 12.5. The average Bonchev–Trinajstić information content (AvgIpc) is 3.45. The molecular weight excluding hydrogens is 396 g/mol. The number of allylic oxidation sites excluding steroid dienone is 5. The molecule has 0 aromatic rings. The zero-order valence-electron chi connectivity index (χ0n) is 18.8. The third-order valence-corrected chi connectivity index (χ3v) is 5.62. The molecule has 1 fully saturated rings. The van der Waals surface area contributed by atoms with E-state index in [1.165, 1.54) is 6.08 Å². The third-order valence-electron chi connectivity index (χ3n) is 5.62. The Labute approximate surface area is 185 Å². The van der Waals surface area contributed by atoms with E-state index in [0.717, 1.165) is 6.42 Å². The molecule has 0 aliphatic carbocycles. The number of rotatable bonds is 6. The molecule has 2 heterocycles. The van der Waals surface area contributed by atoms with E-state index in [4.69, 9.17) is 9.47 Å². The molecule has 0 saturated carbocycles. The van der Waals surface area contributed by atoms with Crippen molar-refractivity contribution < 1.29 is 29.6 Å². The molecule has 2 aliphatic heterocycles. The second-order valence-corrected chi connectivity index (χ2v) is 8.76. The van der Waals surface area contributed by atoms with Crippen LogP contribution in [0.25, 0.3) is 0 Å². The Morgan fingerprint density at radius 2 is 1.94 bits per heavy atom. The summed E-state index contributed by atoms with van der Waals surface area (Å²) in [6.07, 6.45) is 13.4. The lowest BCUT2D eigenvalue weighted by Gasteiger charge is -2.25. The van der Waals surface area contributed by atoms with Crippen molar-refractivity contribution in [3.8, 4) is 0 Å². The van der Waals surface area contributed by atoms with Crippen LogP contribution in [0.15, 0.2) is 48.6 Å². The molecule has 31 heavy (non-hydrogen) atoms. The van der Waals surface area contributed by atoms with E-state index in [9.17, 15) is 20.1 Å². The van der Waals surface area contributed by atoms with Gasteiger partial charge in [-0.15, -0.1) is 0 Å². The lowest BCUT2D eigenvalue weighted by molar-refractivity contribution is -0.157. The number of esters is 1. The summed E-state index contributed by atoms with van der Waals surface area (Å²) in [5, 5.41) is 30.9. The zero-order chi connectivity index (χ0) is 22.8. The van der Waals surface area contributed by atoms with E-state index in [2.05, 4.69) is 18.2 Å². The smallest absolute Gasteiger partial charge is 0.306 e. The summed E-state index contributed by atoms with van der Waals surface area (Å²) in [5.74, 6) is -0.179. The minimum absolute atomic E-state index is 0.0185. The highest BCUT2D eigenvalue weighted by molar-refractivity contribution is 5.69. The van der Waals surface area contributed by atoms with Crippen molar-refractivity contribution in [3.05, 3.63) is 48.6 Å². The first-order valence-electron chi connectivity index (χ1n) is 11.3. The van der Waals surface area contributed by atoms with E-state index in [1.54, 1.807) is 18.2 Å². The number of epoxide rings is 1. The molecule has 2 rings (SSSR count). The normalized spacial score (nSPS) is 36.8. The van der Waals surface area contributed by atoms with Gasteiger partial charge in [-0.1, -0.05) is 62.5 Å². The van der Waals surface area contributed by atoms with E-state index in [1.807, 2.05) is 26.8 Å². The van der Waals surface area contributed by atoms with Crippen molar-refractivity contribution in [1.82, 2.24) is 0 Å². The maximum Gasteiger partial charge on any atom is 0.306 e. The zero-order valence-corrected chi connectivity index (χ0v) is 18.8. The van der Waals surface area contributed by atoms with Gasteiger partial charge in [-0.3, -0.25) is 4.79 Å². The number of carbonyl (C=O) groups excluding carboxylic acids is 1. The summed E-state index contributed by atoms with van der Waals surface area (Å²) in [6.45, 7) is 5.94. The highest BCUT2D eigenvalue weighted by atomic mass is 16.6. The van der Waals surface area contributed by atoms with Gasteiger partial charge in [0, 0.05) is 12.8 Å². The number of hydrogen-bond donors (Lipinski definition) is 3. The number of aliphatic hydroxyl groups excluding tert-OH is 3. The molecule has 174 valence electrons. The van der Waals surface area contributed by atoms with E-state index in [-0.39, 0.29) is 36.4 Å². The molecule has 8 unspecified atom stereocenters. The van der Waals surface area contributed by atoms with Gasteiger partial charge in [0.25, 0.3) is 0 Å². The quantitative estimate of drug-likeness (QED) is 0.337. The first kappa shape index (κ1) is 25.5. The molecule has 0 amide bonds. The van der Waals surface area contributed by atoms with Gasteiger partial charge in [-0.25, -0.2) is 0 Å². The minimum Gasteiger partial charge on any atom is -0.459 e. The van der Waals surface area contributed by atoms with Crippen LogP contribution in [-0.2, 0) is 14.3 Å². The van der Waals surface area contributed by atoms with Crippen LogP contribution in [0.2, 0.25) is 0 Å². The topological polar surface area (TPSA) is 99.5 Å². The van der Waals surface area contributed by atoms with Crippen LogP contribution in [-0.4, -0.2) is 57.9 Å². The number of ether oxygens (including phenoxy) is 2. The fourth-order valence-electron chi connectivity index (χ4n) is 3.65. The van der Waals surface area contributed by atoms with Crippen molar-refractivity contribution >= 4 is 5.97 Å². The van der Waals surface area contributed by atoms with Crippen LogP contribution in [0.4, 0.5) is 0 Å². The van der Waals surface area contributed by atoms with Gasteiger partial charge >= 0.3 is 5.97 Å². The Morgan fingerprint density at radius 1 is 1.19 bits per heavy atom. The Kier molecular flexibility index (Phi) is 10.7. The molecule has 6 heteroatoms. The largest absolute Gasteiger partial charge is 0.459 e. The van der Waals surface area contributed by atoms with Crippen LogP contribution in [0.3, 0.4) is 0 Å². The van der Waals surface area contributed by atoms with Gasteiger partial charge in [0.15, 0.2) is 0 Å². The van der Waals surface area contributed by atoms with Crippen LogP contribution >= 0.6 is 0 Å². The first-order valence-corrected chi connectivity index (χ1v) is 11.3. The highest BCUT2D eigenvalue weighted by Gasteiger charge is 2.41. The number of carbonyl (C=O) groups is 1. The summed E-state index contributed by atoms with van der Waals surface area (Å²) >= 11 is 0. The number of fused-ring (bicyclic) bond motifs is 1. The van der Waals surface area contributed by atoms with E-state index in [0.29, 0.717) is 19.3 Å². The SMILES string of the molecule is C/C=C/C/C=C/C(C)CC(O)C1CC2OC2/C=C/C(O)C(O)/C=C/CC(C)CC(=O)O1. The van der Waals surface area contributed by atoms with Crippen LogP contribution < -0.4 is 0 Å². The summed E-state index contributed by atoms with van der Waals surface area (Å²) in [4.78, 5) is 12.5. The maximum atomic E-state index is 12.5. The molecule has 0 aromatic heterocycles. The Bertz CT molecular complexity index is 667. The molecule has 8 atom stereocenters. The molecule has 0 aromatic carbocycles. The standard InChI is InChI=1S/C25H38O6/c1-4-5-6-7-9-17(2)14-21(28)23-16-24-22(30-24)13-12-20(27)19(26)11-8-10-18(3)15-25(29)31-23/h4-5,7-9,11-13,17-24,26-28H,6,10,14-16H2,1-3H3/b5-4+,9-7+,11-8+,13-12+. The summed E-state index contributed by atoms with van der Waals surface area (Å²) in [5.41, 5.74) is 0. The van der Waals surface area contributed by atoms with Gasteiger partial charge in [0.05, 0.1) is 12.2 Å². The van der Waals surface area contributed by atoms with E-state index < -0.39 is 24.4 Å². The second kappa shape index (κ2) is 13.0. The number of cyclic esters (lactones) is 1. The van der Waals surface area contributed by atoms with Gasteiger partial charge < -0.3 is 24.8 Å². The monoisotopic (exact) mass is 434 g/mol. The lowest BCUT2D eigenvalue weighted by atomic mass is 9.96. The van der Waals surface area contributed by atoms with Crippen molar-refractivity contribution in [2.75, 3.05) is 0 Å². The molecule has 0 bridgehead atoms. The molecule has 2 aliphatic rings. The van der Waals surface area contributed by atoms with Gasteiger partial charge in [-0.2, -0.15) is 0 Å². The number of aliphatic hydroxyl groups is 3. The molecule has 6 nitrogen and oxygen atoms in total. The Morgan fingerprint density at radius 3 is 2.68 bits per heavy atom. The second-order valence-electron chi connectivity index (χ2n) is 8.76. The lowest BCUT2D eigenvalue weighted by Crippen LogP contribution is -2.34. The van der Waals surface area contributed by atoms with Crippen molar-refractivity contribution in [2.45, 2.75) is 89.5 Å². The van der Waals surface area contributed by atoms with Gasteiger partial charge in [0.1, 0.15) is 24.4 Å².